The van der Waals surface area contributed by atoms with Gasteiger partial charge in [-0.05, 0) is 48.9 Å². The van der Waals surface area contributed by atoms with Crippen LogP contribution >= 0.6 is 0 Å². The number of amides is 1. The second-order valence-corrected chi connectivity index (χ2v) is 6.01. The molecule has 0 unspecified atom stereocenters. The van der Waals surface area contributed by atoms with Crippen LogP contribution in [0.25, 0.3) is 11.3 Å². The van der Waals surface area contributed by atoms with E-state index in [4.69, 9.17) is 9.47 Å². The first-order valence-electron chi connectivity index (χ1n) is 8.96. The molecule has 0 aliphatic carbocycles. The molecule has 1 heterocycles. The smallest absolute Gasteiger partial charge is 0.289 e. The van der Waals surface area contributed by atoms with E-state index >= 15 is 0 Å². The first-order valence-corrected chi connectivity index (χ1v) is 8.96. The van der Waals surface area contributed by atoms with Gasteiger partial charge in [-0.3, -0.25) is 20.0 Å². The van der Waals surface area contributed by atoms with Gasteiger partial charge < -0.3 is 9.47 Å². The zero-order valence-electron chi connectivity index (χ0n) is 16.3. The van der Waals surface area contributed by atoms with Crippen molar-refractivity contribution in [1.29, 1.82) is 0 Å². The van der Waals surface area contributed by atoms with Crippen LogP contribution < -0.4 is 14.9 Å². The third kappa shape index (κ3) is 4.79. The molecule has 10 nitrogen and oxygen atoms in total. The van der Waals surface area contributed by atoms with Crippen LogP contribution in [0.5, 0.6) is 11.5 Å². The Kier molecular flexibility index (Phi) is 6.38. The Hall–Kier alpha value is -4.21. The number of hydrazone groups is 1. The first-order chi connectivity index (χ1) is 14.5. The molecule has 0 bridgehead atoms. The summed E-state index contributed by atoms with van der Waals surface area (Å²) in [6, 6.07) is 12.7. The molecular weight excluding hydrogens is 390 g/mol. The highest BCUT2D eigenvalue weighted by Gasteiger charge is 2.13. The molecule has 0 atom stereocenters. The summed E-state index contributed by atoms with van der Waals surface area (Å²) in [5.41, 5.74) is 4.49. The minimum Gasteiger partial charge on any atom is -0.493 e. The van der Waals surface area contributed by atoms with E-state index in [9.17, 15) is 14.9 Å². The van der Waals surface area contributed by atoms with E-state index in [1.807, 2.05) is 13.0 Å². The molecule has 0 aliphatic rings. The predicted octanol–water partition coefficient (Wildman–Crippen LogP) is 3.16. The van der Waals surface area contributed by atoms with E-state index in [-0.39, 0.29) is 11.4 Å². The third-order valence-corrected chi connectivity index (χ3v) is 4.07. The van der Waals surface area contributed by atoms with Crippen molar-refractivity contribution < 1.29 is 19.2 Å². The lowest BCUT2D eigenvalue weighted by molar-refractivity contribution is -0.384. The van der Waals surface area contributed by atoms with Crippen LogP contribution in [-0.4, -0.2) is 41.0 Å². The van der Waals surface area contributed by atoms with E-state index < -0.39 is 10.8 Å². The highest BCUT2D eigenvalue weighted by molar-refractivity contribution is 5.94. The van der Waals surface area contributed by atoms with Gasteiger partial charge in [-0.25, -0.2) is 5.43 Å². The lowest BCUT2D eigenvalue weighted by Gasteiger charge is -2.09. The SMILES string of the molecule is CCOc1ccc(-c2cc(C(=O)NN=Cc3ccc([N+](=O)[O-])cc3)[nH]n2)cc1OC. The van der Waals surface area contributed by atoms with E-state index in [1.165, 1.54) is 30.5 Å². The normalized spacial score (nSPS) is 10.7. The number of nitro groups is 1. The highest BCUT2D eigenvalue weighted by atomic mass is 16.6. The predicted molar refractivity (Wildman–Crippen MR) is 110 cm³/mol. The molecule has 10 heteroatoms. The van der Waals surface area contributed by atoms with Crippen molar-refractivity contribution in [3.63, 3.8) is 0 Å². The Morgan fingerprint density at radius 2 is 2.00 bits per heavy atom. The monoisotopic (exact) mass is 409 g/mol. The summed E-state index contributed by atoms with van der Waals surface area (Å²) < 4.78 is 10.8. The zero-order chi connectivity index (χ0) is 21.5. The van der Waals surface area contributed by atoms with Gasteiger partial charge in [0, 0.05) is 17.7 Å². The summed E-state index contributed by atoms with van der Waals surface area (Å²) in [7, 11) is 1.55. The number of nitrogens with one attached hydrogen (secondary N) is 2. The van der Waals surface area contributed by atoms with Crippen molar-refractivity contribution in [2.75, 3.05) is 13.7 Å². The van der Waals surface area contributed by atoms with Crippen LogP contribution in [0.3, 0.4) is 0 Å². The third-order valence-electron chi connectivity index (χ3n) is 4.07. The molecule has 1 aromatic heterocycles. The fourth-order valence-electron chi connectivity index (χ4n) is 2.60. The number of rotatable bonds is 8. The maximum absolute atomic E-state index is 12.3. The summed E-state index contributed by atoms with van der Waals surface area (Å²) in [6.07, 6.45) is 1.39. The van der Waals surface area contributed by atoms with Crippen LogP contribution in [0.2, 0.25) is 0 Å². The summed E-state index contributed by atoms with van der Waals surface area (Å²) in [5, 5.41) is 21.3. The van der Waals surface area contributed by atoms with E-state index in [0.29, 0.717) is 29.4 Å². The minimum absolute atomic E-state index is 0.0212. The molecule has 2 N–H and O–H groups in total. The molecule has 3 aromatic rings. The van der Waals surface area contributed by atoms with Gasteiger partial charge in [-0.2, -0.15) is 10.2 Å². The number of ether oxygens (including phenoxy) is 2. The van der Waals surface area contributed by atoms with Crippen molar-refractivity contribution in [3.8, 4) is 22.8 Å². The molecule has 1 amide bonds. The number of carbonyl (C=O) groups is 1. The average Bonchev–Trinajstić information content (AvgIpc) is 3.25. The van der Waals surface area contributed by atoms with Crippen LogP contribution in [0.4, 0.5) is 5.69 Å². The Morgan fingerprint density at radius 1 is 1.23 bits per heavy atom. The number of nitrogens with zero attached hydrogens (tertiary/aromatic N) is 3. The molecule has 3 rings (SSSR count). The van der Waals surface area contributed by atoms with Crippen LogP contribution in [0, 0.1) is 10.1 Å². The van der Waals surface area contributed by atoms with Gasteiger partial charge >= 0.3 is 0 Å². The Labute approximate surface area is 171 Å². The van der Waals surface area contributed by atoms with Crippen molar-refractivity contribution in [2.24, 2.45) is 5.10 Å². The second kappa shape index (κ2) is 9.32. The number of aromatic amines is 1. The summed E-state index contributed by atoms with van der Waals surface area (Å²) >= 11 is 0. The van der Waals surface area contributed by atoms with Crippen molar-refractivity contribution >= 4 is 17.8 Å². The van der Waals surface area contributed by atoms with Crippen molar-refractivity contribution in [1.82, 2.24) is 15.6 Å². The molecular formula is C20H19N5O5. The Morgan fingerprint density at radius 3 is 2.67 bits per heavy atom. The van der Waals surface area contributed by atoms with E-state index in [2.05, 4.69) is 20.7 Å². The van der Waals surface area contributed by atoms with Crippen molar-refractivity contribution in [2.45, 2.75) is 6.92 Å². The maximum atomic E-state index is 12.3. The fourth-order valence-corrected chi connectivity index (χ4v) is 2.60. The number of H-pyrrole nitrogens is 1. The number of non-ortho nitro benzene ring substituents is 1. The van der Waals surface area contributed by atoms with Gasteiger partial charge in [-0.1, -0.05) is 0 Å². The van der Waals surface area contributed by atoms with Gasteiger partial charge in [0.2, 0.25) is 0 Å². The molecule has 0 spiro atoms. The summed E-state index contributed by atoms with van der Waals surface area (Å²) in [5.74, 6) is 0.707. The van der Waals surface area contributed by atoms with Gasteiger partial charge in [0.1, 0.15) is 5.69 Å². The van der Waals surface area contributed by atoms with Crippen LogP contribution in [0.15, 0.2) is 53.6 Å². The standard InChI is InChI=1S/C20H19N5O5/c1-3-30-18-9-6-14(10-19(18)29-2)16-11-17(23-22-16)20(26)24-21-12-13-4-7-15(8-5-13)25(27)28/h4-12H,3H2,1-2H3,(H,22,23)(H,24,26). The zero-order valence-corrected chi connectivity index (χ0v) is 16.3. The first kappa shape index (κ1) is 20.5. The van der Waals surface area contributed by atoms with Crippen LogP contribution in [-0.2, 0) is 0 Å². The molecule has 154 valence electrons. The molecule has 0 fully saturated rings. The average molecular weight is 409 g/mol. The largest absolute Gasteiger partial charge is 0.493 e. The van der Waals surface area contributed by atoms with Gasteiger partial charge in [-0.15, -0.1) is 0 Å². The van der Waals surface area contributed by atoms with Gasteiger partial charge in [0.05, 0.1) is 30.5 Å². The number of hydrogen-bond donors (Lipinski definition) is 2. The van der Waals surface area contributed by atoms with E-state index in [1.54, 1.807) is 25.3 Å². The van der Waals surface area contributed by atoms with Crippen molar-refractivity contribution in [3.05, 3.63) is 69.9 Å². The number of methoxy groups -OCH3 is 1. The molecule has 0 saturated heterocycles. The quantitative estimate of drug-likeness (QED) is 0.334. The Balaban J connectivity index is 1.66. The fraction of sp³-hybridized carbons (Fsp3) is 0.150. The Bertz CT molecular complexity index is 1080. The molecule has 0 radical (unpaired) electrons. The topological polar surface area (TPSA) is 132 Å². The number of hydrogen-bond acceptors (Lipinski definition) is 7. The number of carbonyl (C=O) groups excluding carboxylic acids is 1. The summed E-state index contributed by atoms with van der Waals surface area (Å²) in [4.78, 5) is 22.4. The molecule has 2 aromatic carbocycles. The van der Waals surface area contributed by atoms with Gasteiger partial charge in [0.15, 0.2) is 11.5 Å². The van der Waals surface area contributed by atoms with E-state index in [0.717, 1.165) is 5.56 Å². The number of aromatic nitrogens is 2. The van der Waals surface area contributed by atoms with Gasteiger partial charge in [0.25, 0.3) is 11.6 Å². The maximum Gasteiger partial charge on any atom is 0.289 e. The minimum atomic E-state index is -0.488. The number of nitro benzene ring substituents is 1. The lowest BCUT2D eigenvalue weighted by atomic mass is 10.1. The number of benzene rings is 2. The molecule has 0 saturated carbocycles. The highest BCUT2D eigenvalue weighted by Crippen LogP contribution is 2.32. The van der Waals surface area contributed by atoms with Crippen LogP contribution in [0.1, 0.15) is 23.0 Å². The lowest BCUT2D eigenvalue weighted by Crippen LogP contribution is -2.17. The molecule has 30 heavy (non-hydrogen) atoms. The second-order valence-electron chi connectivity index (χ2n) is 6.01. The summed E-state index contributed by atoms with van der Waals surface area (Å²) in [6.45, 7) is 2.40. The molecule has 0 aliphatic heterocycles.